The number of aryl methyl sites for hydroxylation is 1. The summed E-state index contributed by atoms with van der Waals surface area (Å²) in [5.74, 6) is -0.555. The van der Waals surface area contributed by atoms with Gasteiger partial charge >= 0.3 is 0 Å². The highest BCUT2D eigenvalue weighted by Gasteiger charge is 2.28. The van der Waals surface area contributed by atoms with Gasteiger partial charge in [0.1, 0.15) is 5.75 Å². The maximum Gasteiger partial charge on any atom is 0.260 e. The SMILES string of the molecule is Cc1ccc(O)c(C)c1-c1c(N)c(C(N)=O)c2n(c1=O)CCC2. The molecule has 1 aromatic heterocycles. The molecule has 0 fully saturated rings. The minimum atomic E-state index is -0.634. The predicted molar refractivity (Wildman–Crippen MR) is 88.5 cm³/mol. The summed E-state index contributed by atoms with van der Waals surface area (Å²) in [4.78, 5) is 24.8. The lowest BCUT2D eigenvalue weighted by molar-refractivity contribution is 0.0999. The first-order chi connectivity index (χ1) is 10.8. The fourth-order valence-electron chi connectivity index (χ4n) is 3.43. The molecular weight excluding hydrogens is 294 g/mol. The molecule has 3 rings (SSSR count). The Morgan fingerprint density at radius 1 is 1.26 bits per heavy atom. The van der Waals surface area contributed by atoms with Crippen molar-refractivity contribution in [1.29, 1.82) is 0 Å². The Kier molecular flexibility index (Phi) is 3.39. The smallest absolute Gasteiger partial charge is 0.260 e. The first-order valence-electron chi connectivity index (χ1n) is 7.49. The first kappa shape index (κ1) is 15.1. The summed E-state index contributed by atoms with van der Waals surface area (Å²) in [7, 11) is 0. The summed E-state index contributed by atoms with van der Waals surface area (Å²) < 4.78 is 1.58. The molecular formula is C17H19N3O3. The molecule has 5 N–H and O–H groups in total. The summed E-state index contributed by atoms with van der Waals surface area (Å²) >= 11 is 0. The molecule has 0 radical (unpaired) electrons. The molecule has 0 saturated carbocycles. The predicted octanol–water partition coefficient (Wildman–Crippen LogP) is 1.47. The van der Waals surface area contributed by atoms with Crippen molar-refractivity contribution in [3.63, 3.8) is 0 Å². The van der Waals surface area contributed by atoms with Crippen LogP contribution in [-0.4, -0.2) is 15.6 Å². The van der Waals surface area contributed by atoms with Crippen LogP contribution in [0.1, 0.15) is 33.6 Å². The highest BCUT2D eigenvalue weighted by atomic mass is 16.3. The van der Waals surface area contributed by atoms with Crippen molar-refractivity contribution >= 4 is 11.6 Å². The van der Waals surface area contributed by atoms with E-state index in [1.54, 1.807) is 23.6 Å². The maximum atomic E-state index is 12.9. The number of carbonyl (C=O) groups is 1. The van der Waals surface area contributed by atoms with Gasteiger partial charge in [0.05, 0.1) is 16.8 Å². The van der Waals surface area contributed by atoms with Gasteiger partial charge in [0.25, 0.3) is 11.5 Å². The number of rotatable bonds is 2. The zero-order valence-electron chi connectivity index (χ0n) is 13.1. The minimum absolute atomic E-state index is 0.0792. The van der Waals surface area contributed by atoms with Gasteiger partial charge in [-0.2, -0.15) is 0 Å². The van der Waals surface area contributed by atoms with E-state index < -0.39 is 5.91 Å². The Morgan fingerprint density at radius 2 is 1.96 bits per heavy atom. The van der Waals surface area contributed by atoms with Crippen LogP contribution in [0.2, 0.25) is 0 Å². The van der Waals surface area contributed by atoms with Crippen LogP contribution in [0.4, 0.5) is 5.69 Å². The number of primary amides is 1. The Labute approximate surface area is 133 Å². The molecule has 1 aromatic carbocycles. The summed E-state index contributed by atoms with van der Waals surface area (Å²) in [6, 6.07) is 3.29. The van der Waals surface area contributed by atoms with E-state index in [4.69, 9.17) is 11.5 Å². The fourth-order valence-corrected chi connectivity index (χ4v) is 3.43. The lowest BCUT2D eigenvalue weighted by Gasteiger charge is -2.18. The number of phenols is 1. The average molecular weight is 313 g/mol. The number of phenolic OH excluding ortho intramolecular Hbond substituents is 1. The van der Waals surface area contributed by atoms with Crippen molar-refractivity contribution < 1.29 is 9.90 Å². The molecule has 0 unspecified atom stereocenters. The first-order valence-corrected chi connectivity index (χ1v) is 7.49. The maximum absolute atomic E-state index is 12.9. The molecule has 1 amide bonds. The molecule has 1 aliphatic rings. The Balaban J connectivity index is 2.48. The van der Waals surface area contributed by atoms with Crippen LogP contribution >= 0.6 is 0 Å². The van der Waals surface area contributed by atoms with Crippen molar-refractivity contribution in [2.75, 3.05) is 5.73 Å². The van der Waals surface area contributed by atoms with Crippen LogP contribution in [0, 0.1) is 13.8 Å². The number of amides is 1. The normalized spacial score (nSPS) is 13.1. The second-order valence-electron chi connectivity index (χ2n) is 5.94. The van der Waals surface area contributed by atoms with Crippen molar-refractivity contribution in [1.82, 2.24) is 4.57 Å². The number of nitrogens with zero attached hydrogens (tertiary/aromatic N) is 1. The Bertz CT molecular complexity index is 897. The molecule has 0 atom stereocenters. The third-order valence-corrected chi connectivity index (χ3v) is 4.55. The molecule has 1 aliphatic heterocycles. The van der Waals surface area contributed by atoms with Gasteiger partial charge in [-0.1, -0.05) is 6.07 Å². The lowest BCUT2D eigenvalue weighted by Crippen LogP contribution is -2.28. The number of anilines is 1. The second-order valence-corrected chi connectivity index (χ2v) is 5.94. The summed E-state index contributed by atoms with van der Waals surface area (Å²) in [6.45, 7) is 4.10. The quantitative estimate of drug-likeness (QED) is 0.779. The number of hydrogen-bond donors (Lipinski definition) is 3. The van der Waals surface area contributed by atoms with E-state index in [-0.39, 0.29) is 28.1 Å². The minimum Gasteiger partial charge on any atom is -0.508 e. The number of benzene rings is 1. The standard InChI is InChI=1S/C17H19N3O3/c1-8-5-6-11(21)9(2)12(8)14-15(18)13(16(19)22)10-4-3-7-20(10)17(14)23/h5-6,21H,3-4,7,18H2,1-2H3,(H2,19,22). The molecule has 0 saturated heterocycles. The average Bonchev–Trinajstić information content (AvgIpc) is 2.95. The summed E-state index contributed by atoms with van der Waals surface area (Å²) in [6.07, 6.45) is 1.38. The fraction of sp³-hybridized carbons (Fsp3) is 0.294. The van der Waals surface area contributed by atoms with Crippen molar-refractivity contribution in [3.05, 3.63) is 44.9 Å². The van der Waals surface area contributed by atoms with Crippen LogP contribution in [0.5, 0.6) is 5.75 Å². The molecule has 23 heavy (non-hydrogen) atoms. The van der Waals surface area contributed by atoms with E-state index in [1.807, 2.05) is 6.92 Å². The zero-order valence-corrected chi connectivity index (χ0v) is 13.1. The van der Waals surface area contributed by atoms with Gasteiger partial charge in [-0.15, -0.1) is 0 Å². The number of aromatic hydroxyl groups is 1. The molecule has 120 valence electrons. The highest BCUT2D eigenvalue weighted by molar-refractivity contribution is 6.03. The van der Waals surface area contributed by atoms with E-state index in [2.05, 4.69) is 0 Å². The van der Waals surface area contributed by atoms with Crippen LogP contribution < -0.4 is 17.0 Å². The number of hydrogen-bond acceptors (Lipinski definition) is 4. The molecule has 0 aliphatic carbocycles. The van der Waals surface area contributed by atoms with Crippen LogP contribution in [0.3, 0.4) is 0 Å². The van der Waals surface area contributed by atoms with Gasteiger partial charge in [0, 0.05) is 12.2 Å². The molecule has 2 heterocycles. The molecule has 6 nitrogen and oxygen atoms in total. The molecule has 6 heteroatoms. The van der Waals surface area contributed by atoms with Crippen molar-refractivity contribution in [2.24, 2.45) is 5.73 Å². The van der Waals surface area contributed by atoms with Gasteiger partial charge < -0.3 is 21.1 Å². The van der Waals surface area contributed by atoms with Gasteiger partial charge in [-0.05, 0) is 49.4 Å². The van der Waals surface area contributed by atoms with E-state index in [9.17, 15) is 14.7 Å². The number of nitrogens with two attached hydrogens (primary N) is 2. The van der Waals surface area contributed by atoms with Gasteiger partial charge in [0.15, 0.2) is 0 Å². The number of aromatic nitrogens is 1. The van der Waals surface area contributed by atoms with Gasteiger partial charge in [-0.3, -0.25) is 9.59 Å². The lowest BCUT2D eigenvalue weighted by atomic mass is 9.92. The van der Waals surface area contributed by atoms with Gasteiger partial charge in [-0.25, -0.2) is 0 Å². The largest absolute Gasteiger partial charge is 0.508 e. The molecule has 0 bridgehead atoms. The van der Waals surface area contributed by atoms with E-state index in [0.717, 1.165) is 12.0 Å². The monoisotopic (exact) mass is 313 g/mol. The summed E-state index contributed by atoms with van der Waals surface area (Å²) in [5.41, 5.74) is 14.6. The highest BCUT2D eigenvalue weighted by Crippen LogP contribution is 2.36. The van der Waals surface area contributed by atoms with Crippen molar-refractivity contribution in [2.45, 2.75) is 33.2 Å². The van der Waals surface area contributed by atoms with Crippen LogP contribution in [-0.2, 0) is 13.0 Å². The topological polar surface area (TPSA) is 111 Å². The number of carbonyl (C=O) groups excluding carboxylic acids is 1. The number of fused-ring (bicyclic) bond motifs is 1. The molecule has 0 spiro atoms. The van der Waals surface area contributed by atoms with Crippen LogP contribution in [0.25, 0.3) is 11.1 Å². The third-order valence-electron chi connectivity index (χ3n) is 4.55. The number of pyridine rings is 1. The van der Waals surface area contributed by atoms with Crippen molar-refractivity contribution in [3.8, 4) is 16.9 Å². The van der Waals surface area contributed by atoms with E-state index >= 15 is 0 Å². The van der Waals surface area contributed by atoms with Gasteiger partial charge in [0.2, 0.25) is 0 Å². The summed E-state index contributed by atoms with van der Waals surface area (Å²) in [5, 5.41) is 10.00. The number of nitrogen functional groups attached to an aromatic ring is 1. The van der Waals surface area contributed by atoms with E-state index in [1.165, 1.54) is 0 Å². The zero-order chi connectivity index (χ0) is 16.9. The third kappa shape index (κ3) is 2.10. The van der Waals surface area contributed by atoms with E-state index in [0.29, 0.717) is 29.8 Å². The molecule has 2 aromatic rings. The second kappa shape index (κ2) is 5.15. The Hall–Kier alpha value is -2.76. The Morgan fingerprint density at radius 3 is 2.61 bits per heavy atom. The van der Waals surface area contributed by atoms with Crippen LogP contribution in [0.15, 0.2) is 16.9 Å².